The normalized spacial score (nSPS) is 13.8. The Morgan fingerprint density at radius 3 is 2.54 bits per heavy atom. The first-order chi connectivity index (χ1) is 11.8. The van der Waals surface area contributed by atoms with Gasteiger partial charge in [-0.1, -0.05) is 24.3 Å². The largest absolute Gasteiger partial charge is 0.454 e. The van der Waals surface area contributed by atoms with E-state index in [1.807, 2.05) is 36.4 Å². The summed E-state index contributed by atoms with van der Waals surface area (Å²) in [5, 5.41) is 4.84. The number of benzene rings is 3. The van der Waals surface area contributed by atoms with Crippen LogP contribution in [-0.2, 0) is 0 Å². The van der Waals surface area contributed by atoms with Crippen molar-refractivity contribution < 1.29 is 9.47 Å². The van der Waals surface area contributed by atoms with Crippen LogP contribution in [-0.4, -0.2) is 11.4 Å². The predicted octanol–water partition coefficient (Wildman–Crippen LogP) is 2.70. The number of fused-ring (bicyclic) bond motifs is 5. The van der Waals surface area contributed by atoms with Crippen LogP contribution in [0.15, 0.2) is 52.2 Å². The molecular formula is C19H9NO4. The standard InChI is InChI=1S/C19H9NO4/c21-17-15-11-4-2-1-3-10(11)14-13-9(7-12-18(14)24-8-23-12)5-6-20(16(13)15)19(17)22/h1-7H,8H2. The predicted molar refractivity (Wildman–Crippen MR) is 90.5 cm³/mol. The molecular weight excluding hydrogens is 306 g/mol. The molecule has 0 aromatic heterocycles. The van der Waals surface area contributed by atoms with Gasteiger partial charge < -0.3 is 9.47 Å². The fourth-order valence-electron chi connectivity index (χ4n) is 3.96. The van der Waals surface area contributed by atoms with Gasteiger partial charge in [0.2, 0.25) is 6.79 Å². The second-order valence-electron chi connectivity index (χ2n) is 6.04. The number of rotatable bonds is 0. The summed E-state index contributed by atoms with van der Waals surface area (Å²) in [6, 6.07) is 11.4. The van der Waals surface area contributed by atoms with Gasteiger partial charge in [-0.15, -0.1) is 0 Å². The van der Waals surface area contributed by atoms with E-state index in [2.05, 4.69) is 0 Å². The summed E-state index contributed by atoms with van der Waals surface area (Å²) in [7, 11) is 0. The first kappa shape index (κ1) is 12.1. The Balaban J connectivity index is 2.12. The van der Waals surface area contributed by atoms with Gasteiger partial charge in [0, 0.05) is 17.0 Å². The molecule has 24 heavy (non-hydrogen) atoms. The van der Waals surface area contributed by atoms with Crippen molar-refractivity contribution >= 4 is 32.3 Å². The summed E-state index contributed by atoms with van der Waals surface area (Å²) in [6.45, 7) is 0.171. The third-order valence-electron chi connectivity index (χ3n) is 4.92. The van der Waals surface area contributed by atoms with Gasteiger partial charge in [0.1, 0.15) is 0 Å². The maximum atomic E-state index is 12.6. The molecule has 0 radical (unpaired) electrons. The SMILES string of the molecule is O=c1c(=O)n2ccc3cc4c(c5c6ccccc6c1c-2c35)OCO4. The summed E-state index contributed by atoms with van der Waals surface area (Å²) < 4.78 is 12.7. The molecule has 3 aliphatic rings. The van der Waals surface area contributed by atoms with E-state index >= 15 is 0 Å². The highest BCUT2D eigenvalue weighted by molar-refractivity contribution is 6.27. The summed E-state index contributed by atoms with van der Waals surface area (Å²) in [5.41, 5.74) is -0.310. The van der Waals surface area contributed by atoms with Crippen LogP contribution in [0.3, 0.4) is 0 Å². The van der Waals surface area contributed by atoms with Crippen molar-refractivity contribution in [3.05, 3.63) is 63.2 Å². The number of pyridine rings is 1. The molecule has 0 aliphatic carbocycles. The minimum atomic E-state index is -0.512. The lowest BCUT2D eigenvalue weighted by Crippen LogP contribution is -2.24. The van der Waals surface area contributed by atoms with Crippen molar-refractivity contribution in [3.8, 4) is 17.2 Å². The lowest BCUT2D eigenvalue weighted by atomic mass is 9.94. The van der Waals surface area contributed by atoms with Gasteiger partial charge in [0.25, 0.3) is 5.43 Å². The van der Waals surface area contributed by atoms with Crippen LogP contribution in [0.5, 0.6) is 11.5 Å². The molecule has 0 atom stereocenters. The lowest BCUT2D eigenvalue weighted by molar-refractivity contribution is 0.175. The molecule has 0 bridgehead atoms. The van der Waals surface area contributed by atoms with E-state index < -0.39 is 11.0 Å². The Kier molecular flexibility index (Phi) is 1.90. The van der Waals surface area contributed by atoms with Crippen LogP contribution in [0, 0.1) is 0 Å². The number of aromatic nitrogens is 1. The van der Waals surface area contributed by atoms with E-state index in [1.165, 1.54) is 4.57 Å². The van der Waals surface area contributed by atoms with Crippen LogP contribution in [0.2, 0.25) is 0 Å². The molecule has 3 aromatic rings. The van der Waals surface area contributed by atoms with Crippen molar-refractivity contribution in [2.75, 3.05) is 6.79 Å². The van der Waals surface area contributed by atoms with E-state index in [-0.39, 0.29) is 6.79 Å². The summed E-state index contributed by atoms with van der Waals surface area (Å²) >= 11 is 0. The van der Waals surface area contributed by atoms with Gasteiger partial charge >= 0.3 is 5.56 Å². The molecule has 5 heteroatoms. The van der Waals surface area contributed by atoms with Gasteiger partial charge in [0.15, 0.2) is 11.5 Å². The van der Waals surface area contributed by atoms with Crippen LogP contribution in [0.1, 0.15) is 0 Å². The fraction of sp³-hybridized carbons (Fsp3) is 0.0526. The molecule has 0 N–H and O–H groups in total. The smallest absolute Gasteiger partial charge is 0.303 e. The average molecular weight is 315 g/mol. The van der Waals surface area contributed by atoms with E-state index in [1.54, 1.807) is 6.20 Å². The number of hydrogen-bond donors (Lipinski definition) is 0. The van der Waals surface area contributed by atoms with Crippen molar-refractivity contribution in [1.82, 2.24) is 4.57 Å². The topological polar surface area (TPSA) is 57.5 Å². The zero-order valence-corrected chi connectivity index (χ0v) is 12.3. The molecule has 0 unspecified atom stereocenters. The summed E-state index contributed by atoms with van der Waals surface area (Å²) in [4.78, 5) is 25.0. The van der Waals surface area contributed by atoms with Crippen molar-refractivity contribution in [1.29, 1.82) is 0 Å². The highest BCUT2D eigenvalue weighted by Gasteiger charge is 2.28. The summed E-state index contributed by atoms with van der Waals surface area (Å²) in [5.74, 6) is 1.37. The molecule has 0 saturated heterocycles. The van der Waals surface area contributed by atoms with Crippen LogP contribution >= 0.6 is 0 Å². The van der Waals surface area contributed by atoms with E-state index in [0.29, 0.717) is 22.6 Å². The Morgan fingerprint density at radius 1 is 0.917 bits per heavy atom. The van der Waals surface area contributed by atoms with E-state index in [0.717, 1.165) is 26.9 Å². The van der Waals surface area contributed by atoms with Crippen molar-refractivity contribution in [2.45, 2.75) is 0 Å². The minimum Gasteiger partial charge on any atom is -0.454 e. The number of nitrogens with zero attached hydrogens (tertiary/aromatic N) is 1. The fourth-order valence-corrected chi connectivity index (χ4v) is 3.96. The number of hydrogen-bond acceptors (Lipinski definition) is 4. The Bertz CT molecular complexity index is 1370. The highest BCUT2D eigenvalue weighted by Crippen LogP contribution is 2.48. The lowest BCUT2D eigenvalue weighted by Gasteiger charge is -2.16. The molecule has 0 spiro atoms. The zero-order chi connectivity index (χ0) is 16.0. The Hall–Kier alpha value is -3.34. The first-order valence-corrected chi connectivity index (χ1v) is 7.63. The number of ether oxygens (including phenoxy) is 2. The van der Waals surface area contributed by atoms with E-state index in [4.69, 9.17) is 9.47 Å². The maximum absolute atomic E-state index is 12.6. The molecule has 0 amide bonds. The molecule has 3 heterocycles. The molecule has 6 rings (SSSR count). The summed E-state index contributed by atoms with van der Waals surface area (Å²) in [6.07, 6.45) is 1.66. The molecule has 5 nitrogen and oxygen atoms in total. The van der Waals surface area contributed by atoms with E-state index in [9.17, 15) is 9.59 Å². The van der Waals surface area contributed by atoms with Gasteiger partial charge in [-0.05, 0) is 28.3 Å². The Morgan fingerprint density at radius 2 is 1.71 bits per heavy atom. The van der Waals surface area contributed by atoms with Crippen LogP contribution < -0.4 is 20.5 Å². The Labute approximate surface area is 134 Å². The third-order valence-corrected chi connectivity index (χ3v) is 4.92. The molecule has 3 aliphatic heterocycles. The maximum Gasteiger partial charge on any atom is 0.303 e. The van der Waals surface area contributed by atoms with Crippen molar-refractivity contribution in [2.24, 2.45) is 0 Å². The molecule has 0 saturated carbocycles. The quantitative estimate of drug-likeness (QED) is 0.250. The first-order valence-electron chi connectivity index (χ1n) is 7.63. The minimum absolute atomic E-state index is 0.171. The van der Waals surface area contributed by atoms with Gasteiger partial charge in [-0.3, -0.25) is 14.2 Å². The second kappa shape index (κ2) is 3.76. The van der Waals surface area contributed by atoms with Gasteiger partial charge in [0.05, 0.1) is 11.1 Å². The zero-order valence-electron chi connectivity index (χ0n) is 12.3. The highest BCUT2D eigenvalue weighted by atomic mass is 16.7. The van der Waals surface area contributed by atoms with Gasteiger partial charge in [-0.2, -0.15) is 0 Å². The molecule has 3 aromatic carbocycles. The second-order valence-corrected chi connectivity index (χ2v) is 6.04. The third kappa shape index (κ3) is 1.17. The van der Waals surface area contributed by atoms with Crippen LogP contribution in [0.25, 0.3) is 38.0 Å². The van der Waals surface area contributed by atoms with Crippen molar-refractivity contribution in [3.63, 3.8) is 0 Å². The molecule has 0 fully saturated rings. The average Bonchev–Trinajstić information content (AvgIpc) is 3.17. The molecule has 114 valence electrons. The van der Waals surface area contributed by atoms with Gasteiger partial charge in [-0.25, -0.2) is 0 Å². The monoisotopic (exact) mass is 315 g/mol. The van der Waals surface area contributed by atoms with Crippen LogP contribution in [0.4, 0.5) is 0 Å².